The maximum atomic E-state index is 12.8. The van der Waals surface area contributed by atoms with Crippen LogP contribution in [0.3, 0.4) is 0 Å². The SMILES string of the molecule is CNc1nc(-c2ccc(OC)c(NC(=O)CCc3ccc(S(=O)(=O)N4CCOCC4)cc3)c2)cs1. The second-order valence-corrected chi connectivity index (χ2v) is 10.7. The summed E-state index contributed by atoms with van der Waals surface area (Å²) in [5.74, 6) is 0.392. The van der Waals surface area contributed by atoms with Gasteiger partial charge in [-0.3, -0.25) is 4.79 Å². The first-order chi connectivity index (χ1) is 16.9. The molecular weight excluding hydrogens is 488 g/mol. The van der Waals surface area contributed by atoms with Crippen LogP contribution in [0, 0.1) is 0 Å². The van der Waals surface area contributed by atoms with Gasteiger partial charge in [-0.05, 0) is 42.3 Å². The summed E-state index contributed by atoms with van der Waals surface area (Å²) in [4.78, 5) is 17.4. The third-order valence-corrected chi connectivity index (χ3v) is 8.43. The lowest BCUT2D eigenvalue weighted by molar-refractivity contribution is -0.116. The average Bonchev–Trinajstić information content (AvgIpc) is 3.38. The highest BCUT2D eigenvalue weighted by atomic mass is 32.2. The van der Waals surface area contributed by atoms with Crippen LogP contribution in [0.25, 0.3) is 11.3 Å². The van der Waals surface area contributed by atoms with Crippen LogP contribution in [0.15, 0.2) is 52.7 Å². The number of methoxy groups -OCH3 is 1. The molecule has 1 saturated heterocycles. The van der Waals surface area contributed by atoms with E-state index in [9.17, 15) is 13.2 Å². The molecule has 1 fully saturated rings. The van der Waals surface area contributed by atoms with Crippen molar-refractivity contribution in [3.05, 3.63) is 53.4 Å². The largest absolute Gasteiger partial charge is 0.495 e. The molecule has 9 nitrogen and oxygen atoms in total. The predicted molar refractivity (Wildman–Crippen MR) is 137 cm³/mol. The Morgan fingerprint density at radius 2 is 1.91 bits per heavy atom. The van der Waals surface area contributed by atoms with E-state index in [4.69, 9.17) is 9.47 Å². The standard InChI is InChI=1S/C24H28N4O5S2/c1-25-24-27-21(16-34-24)18-6-9-22(32-2)20(15-18)26-23(29)10-5-17-3-7-19(8-4-17)35(30,31)28-11-13-33-14-12-28/h3-4,6-9,15-16H,5,10-14H2,1-2H3,(H,25,27)(H,26,29). The van der Waals surface area contributed by atoms with E-state index < -0.39 is 10.0 Å². The molecule has 1 aromatic heterocycles. The smallest absolute Gasteiger partial charge is 0.243 e. The fourth-order valence-electron chi connectivity index (χ4n) is 3.72. The molecule has 35 heavy (non-hydrogen) atoms. The van der Waals surface area contributed by atoms with Crippen LogP contribution < -0.4 is 15.4 Å². The maximum Gasteiger partial charge on any atom is 0.243 e. The van der Waals surface area contributed by atoms with E-state index in [2.05, 4.69) is 15.6 Å². The second kappa shape index (κ2) is 11.2. The summed E-state index contributed by atoms with van der Waals surface area (Å²) >= 11 is 1.50. The molecule has 11 heteroatoms. The number of aryl methyl sites for hydroxylation is 1. The molecule has 0 bridgehead atoms. The van der Waals surface area contributed by atoms with E-state index in [1.54, 1.807) is 37.4 Å². The normalized spacial score (nSPS) is 14.5. The molecule has 0 atom stereocenters. The van der Waals surface area contributed by atoms with Crippen molar-refractivity contribution >= 4 is 38.1 Å². The lowest BCUT2D eigenvalue weighted by atomic mass is 10.1. The average molecular weight is 517 g/mol. The molecule has 0 spiro atoms. The number of rotatable bonds is 9. The zero-order chi connectivity index (χ0) is 24.8. The van der Waals surface area contributed by atoms with E-state index in [1.165, 1.54) is 15.6 Å². The molecule has 2 aromatic carbocycles. The van der Waals surface area contributed by atoms with Crippen molar-refractivity contribution in [3.8, 4) is 17.0 Å². The minimum Gasteiger partial charge on any atom is -0.495 e. The highest BCUT2D eigenvalue weighted by Gasteiger charge is 2.26. The number of thiazole rings is 1. The molecule has 0 unspecified atom stereocenters. The number of anilines is 2. The van der Waals surface area contributed by atoms with Crippen LogP contribution in [0.5, 0.6) is 5.75 Å². The van der Waals surface area contributed by atoms with E-state index >= 15 is 0 Å². The quantitative estimate of drug-likeness (QED) is 0.448. The molecule has 186 valence electrons. The van der Waals surface area contributed by atoms with Crippen molar-refractivity contribution in [2.24, 2.45) is 0 Å². The van der Waals surface area contributed by atoms with Gasteiger partial charge >= 0.3 is 0 Å². The van der Waals surface area contributed by atoms with Gasteiger partial charge in [-0.2, -0.15) is 4.31 Å². The first-order valence-electron chi connectivity index (χ1n) is 11.2. The Bertz CT molecular complexity index is 1270. The van der Waals surface area contributed by atoms with Crippen LogP contribution in [-0.2, 0) is 26.0 Å². The predicted octanol–water partition coefficient (Wildman–Crippen LogP) is 3.45. The summed E-state index contributed by atoms with van der Waals surface area (Å²) < 4.78 is 37.6. The van der Waals surface area contributed by atoms with Gasteiger partial charge in [0.05, 0.1) is 36.6 Å². The molecule has 0 aliphatic carbocycles. The van der Waals surface area contributed by atoms with Crippen molar-refractivity contribution in [2.75, 3.05) is 51.1 Å². The number of sulfonamides is 1. The molecule has 0 saturated carbocycles. The summed E-state index contributed by atoms with van der Waals surface area (Å²) in [6.45, 7) is 1.52. The van der Waals surface area contributed by atoms with E-state index in [1.807, 2.05) is 24.6 Å². The van der Waals surface area contributed by atoms with Gasteiger partial charge in [-0.25, -0.2) is 13.4 Å². The van der Waals surface area contributed by atoms with Crippen molar-refractivity contribution in [3.63, 3.8) is 0 Å². The van der Waals surface area contributed by atoms with Crippen molar-refractivity contribution in [2.45, 2.75) is 17.7 Å². The van der Waals surface area contributed by atoms with E-state index in [0.717, 1.165) is 22.0 Å². The Morgan fingerprint density at radius 1 is 1.17 bits per heavy atom. The molecule has 1 aliphatic rings. The topological polar surface area (TPSA) is 110 Å². The van der Waals surface area contributed by atoms with Crippen LogP contribution in [0.1, 0.15) is 12.0 Å². The molecule has 0 radical (unpaired) electrons. The number of hydrogen-bond donors (Lipinski definition) is 2. The highest BCUT2D eigenvalue weighted by molar-refractivity contribution is 7.89. The molecular formula is C24H28N4O5S2. The monoisotopic (exact) mass is 516 g/mol. The Hall–Kier alpha value is -2.99. The van der Waals surface area contributed by atoms with Gasteiger partial charge in [0, 0.05) is 37.5 Å². The lowest BCUT2D eigenvalue weighted by Crippen LogP contribution is -2.40. The number of amides is 1. The Morgan fingerprint density at radius 3 is 2.57 bits per heavy atom. The van der Waals surface area contributed by atoms with Gasteiger partial charge in [-0.15, -0.1) is 11.3 Å². The van der Waals surface area contributed by atoms with Gasteiger partial charge in [0.15, 0.2) is 5.13 Å². The summed E-state index contributed by atoms with van der Waals surface area (Å²) in [6.07, 6.45) is 0.715. The first-order valence-corrected chi connectivity index (χ1v) is 13.5. The van der Waals surface area contributed by atoms with Crippen LogP contribution in [0.2, 0.25) is 0 Å². The van der Waals surface area contributed by atoms with Gasteiger partial charge in [-0.1, -0.05) is 12.1 Å². The summed E-state index contributed by atoms with van der Waals surface area (Å²) in [7, 11) is -0.161. The van der Waals surface area contributed by atoms with Gasteiger partial charge in [0.2, 0.25) is 15.9 Å². The summed E-state index contributed by atoms with van der Waals surface area (Å²) in [5, 5.41) is 8.70. The highest BCUT2D eigenvalue weighted by Crippen LogP contribution is 2.32. The fraction of sp³-hybridized carbons (Fsp3) is 0.333. The zero-order valence-corrected chi connectivity index (χ0v) is 21.2. The van der Waals surface area contributed by atoms with Crippen LogP contribution in [-0.4, -0.2) is 64.1 Å². The number of carbonyl (C=O) groups is 1. The Labute approximate surface area is 209 Å². The number of ether oxygens (including phenoxy) is 2. The maximum absolute atomic E-state index is 12.8. The number of nitrogens with one attached hydrogen (secondary N) is 2. The van der Waals surface area contributed by atoms with E-state index in [-0.39, 0.29) is 17.2 Å². The Balaban J connectivity index is 1.38. The summed E-state index contributed by atoms with van der Waals surface area (Å²) in [6, 6.07) is 12.2. The molecule has 1 aliphatic heterocycles. The van der Waals surface area contributed by atoms with Gasteiger partial charge in [0.25, 0.3) is 0 Å². The molecule has 4 rings (SSSR count). The summed E-state index contributed by atoms with van der Waals surface area (Å²) in [5.41, 5.74) is 3.13. The molecule has 3 aromatic rings. The van der Waals surface area contributed by atoms with E-state index in [0.29, 0.717) is 44.2 Å². The van der Waals surface area contributed by atoms with Crippen LogP contribution in [0.4, 0.5) is 10.8 Å². The van der Waals surface area contributed by atoms with Crippen molar-refractivity contribution < 1.29 is 22.7 Å². The van der Waals surface area contributed by atoms with Crippen LogP contribution >= 0.6 is 11.3 Å². The zero-order valence-electron chi connectivity index (χ0n) is 19.6. The molecule has 1 amide bonds. The Kier molecular flexibility index (Phi) is 8.01. The van der Waals surface area contributed by atoms with Gasteiger partial charge in [0.1, 0.15) is 5.75 Å². The fourth-order valence-corrected chi connectivity index (χ4v) is 5.81. The number of carbonyl (C=O) groups excluding carboxylic acids is 1. The van der Waals surface area contributed by atoms with Gasteiger partial charge < -0.3 is 20.1 Å². The number of nitrogens with zero attached hydrogens (tertiary/aromatic N) is 2. The number of hydrogen-bond acceptors (Lipinski definition) is 8. The second-order valence-electron chi connectivity index (χ2n) is 7.91. The lowest BCUT2D eigenvalue weighted by Gasteiger charge is -2.26. The minimum atomic E-state index is -3.53. The third kappa shape index (κ3) is 5.99. The van der Waals surface area contributed by atoms with Crippen molar-refractivity contribution in [1.29, 1.82) is 0 Å². The number of morpholine rings is 1. The third-order valence-electron chi connectivity index (χ3n) is 5.66. The minimum absolute atomic E-state index is 0.167. The van der Waals surface area contributed by atoms with Crippen molar-refractivity contribution in [1.82, 2.24) is 9.29 Å². The number of aromatic nitrogens is 1. The molecule has 2 N–H and O–H groups in total. The first kappa shape index (κ1) is 25.1. The molecule has 2 heterocycles. The number of benzene rings is 2.